The average molecular weight is 336 g/mol. The van der Waals surface area contributed by atoms with Crippen LogP contribution in [0.2, 0.25) is 0 Å². The fraction of sp³-hybridized carbons (Fsp3) is 0.333. The monoisotopic (exact) mass is 336 g/mol. The summed E-state index contributed by atoms with van der Waals surface area (Å²) in [5, 5.41) is 9.28. The minimum Gasteiger partial charge on any atom is -0.352 e. The molecule has 0 bridgehead atoms. The molecule has 0 unspecified atom stereocenters. The van der Waals surface area contributed by atoms with Crippen molar-refractivity contribution in [1.29, 1.82) is 0 Å². The Bertz CT molecular complexity index is 792. The van der Waals surface area contributed by atoms with Crippen molar-refractivity contribution in [2.75, 3.05) is 11.3 Å². The van der Waals surface area contributed by atoms with Crippen molar-refractivity contribution >= 4 is 21.6 Å². The van der Waals surface area contributed by atoms with Crippen molar-refractivity contribution in [3.63, 3.8) is 0 Å². The van der Waals surface area contributed by atoms with Gasteiger partial charge in [-0.2, -0.15) is 5.10 Å². The average Bonchev–Trinajstić information content (AvgIpc) is 2.84. The molecule has 23 heavy (non-hydrogen) atoms. The molecule has 7 nitrogen and oxygen atoms in total. The van der Waals surface area contributed by atoms with Crippen molar-refractivity contribution in [1.82, 2.24) is 15.5 Å². The SMILES string of the molecule is CCCNC(=O)c1ccccc1NS(=O)(=O)c1c(C)n[nH]c1C. The number of carbonyl (C=O) groups is 1. The van der Waals surface area contributed by atoms with Crippen LogP contribution >= 0.6 is 0 Å². The number of carbonyl (C=O) groups excluding carboxylic acids is 1. The van der Waals surface area contributed by atoms with Crippen LogP contribution in [0, 0.1) is 13.8 Å². The molecule has 1 aromatic carbocycles. The van der Waals surface area contributed by atoms with E-state index in [0.29, 0.717) is 17.9 Å². The van der Waals surface area contributed by atoms with Gasteiger partial charge in [-0.3, -0.25) is 14.6 Å². The Kier molecular flexibility index (Phi) is 5.05. The van der Waals surface area contributed by atoms with Crippen molar-refractivity contribution in [2.45, 2.75) is 32.1 Å². The van der Waals surface area contributed by atoms with Crippen LogP contribution in [0.4, 0.5) is 5.69 Å². The third-order valence-electron chi connectivity index (χ3n) is 3.28. The Morgan fingerprint density at radius 3 is 2.57 bits per heavy atom. The van der Waals surface area contributed by atoms with Crippen LogP contribution in [0.1, 0.15) is 35.1 Å². The zero-order chi connectivity index (χ0) is 17.0. The molecule has 0 radical (unpaired) electrons. The number of benzene rings is 1. The Balaban J connectivity index is 2.35. The van der Waals surface area contributed by atoms with Gasteiger partial charge >= 0.3 is 0 Å². The number of amides is 1. The highest BCUT2D eigenvalue weighted by molar-refractivity contribution is 7.92. The molecule has 0 fully saturated rings. The van der Waals surface area contributed by atoms with E-state index in [1.54, 1.807) is 38.1 Å². The Labute approximate surface area is 135 Å². The minimum atomic E-state index is -3.83. The number of hydrogen-bond donors (Lipinski definition) is 3. The maximum absolute atomic E-state index is 12.6. The van der Waals surface area contributed by atoms with E-state index in [2.05, 4.69) is 20.2 Å². The number of nitrogens with zero attached hydrogens (tertiary/aromatic N) is 1. The largest absolute Gasteiger partial charge is 0.352 e. The predicted molar refractivity (Wildman–Crippen MR) is 87.9 cm³/mol. The normalized spacial score (nSPS) is 11.3. The molecule has 2 aromatic rings. The number of hydrogen-bond acceptors (Lipinski definition) is 4. The number of aromatic nitrogens is 2. The molecule has 0 atom stereocenters. The van der Waals surface area contributed by atoms with Gasteiger partial charge in [0, 0.05) is 6.54 Å². The summed E-state index contributed by atoms with van der Waals surface area (Å²) in [7, 11) is -3.83. The third-order valence-corrected chi connectivity index (χ3v) is 4.91. The number of aromatic amines is 1. The van der Waals surface area contributed by atoms with Crippen LogP contribution in [-0.2, 0) is 10.0 Å². The van der Waals surface area contributed by atoms with Crippen LogP contribution < -0.4 is 10.0 Å². The lowest BCUT2D eigenvalue weighted by molar-refractivity contribution is 0.0954. The summed E-state index contributed by atoms with van der Waals surface area (Å²) in [5.74, 6) is -0.314. The van der Waals surface area contributed by atoms with Crippen molar-refractivity contribution in [3.05, 3.63) is 41.2 Å². The van der Waals surface area contributed by atoms with E-state index in [-0.39, 0.29) is 22.1 Å². The van der Waals surface area contributed by atoms with Gasteiger partial charge in [0.1, 0.15) is 4.90 Å². The number of para-hydroxylation sites is 1. The molecule has 2 rings (SSSR count). The first-order chi connectivity index (χ1) is 10.9. The number of aryl methyl sites for hydroxylation is 2. The Morgan fingerprint density at radius 2 is 1.96 bits per heavy atom. The van der Waals surface area contributed by atoms with Gasteiger partial charge < -0.3 is 5.32 Å². The number of anilines is 1. The smallest absolute Gasteiger partial charge is 0.265 e. The molecule has 0 aliphatic heterocycles. The molecule has 3 N–H and O–H groups in total. The first kappa shape index (κ1) is 17.0. The van der Waals surface area contributed by atoms with Crippen molar-refractivity contribution in [3.8, 4) is 0 Å². The topological polar surface area (TPSA) is 104 Å². The van der Waals surface area contributed by atoms with Gasteiger partial charge in [-0.15, -0.1) is 0 Å². The Hall–Kier alpha value is -2.35. The highest BCUT2D eigenvalue weighted by Crippen LogP contribution is 2.23. The zero-order valence-corrected chi connectivity index (χ0v) is 14.1. The molecule has 0 spiro atoms. The highest BCUT2D eigenvalue weighted by Gasteiger charge is 2.24. The summed E-state index contributed by atoms with van der Waals surface area (Å²) in [5.41, 5.74) is 1.34. The van der Waals surface area contributed by atoms with Crippen LogP contribution in [0.15, 0.2) is 29.2 Å². The van der Waals surface area contributed by atoms with Crippen LogP contribution in [0.3, 0.4) is 0 Å². The second-order valence-corrected chi connectivity index (χ2v) is 6.79. The first-order valence-electron chi connectivity index (χ1n) is 7.28. The molecule has 124 valence electrons. The van der Waals surface area contributed by atoms with Gasteiger partial charge in [-0.1, -0.05) is 19.1 Å². The maximum Gasteiger partial charge on any atom is 0.265 e. The minimum absolute atomic E-state index is 0.0984. The molecule has 1 heterocycles. The van der Waals surface area contributed by atoms with Crippen LogP contribution in [-0.4, -0.2) is 31.1 Å². The second kappa shape index (κ2) is 6.82. The summed E-state index contributed by atoms with van der Waals surface area (Å²) < 4.78 is 27.7. The summed E-state index contributed by atoms with van der Waals surface area (Å²) >= 11 is 0. The number of rotatable bonds is 6. The molecule has 0 aliphatic carbocycles. The summed E-state index contributed by atoms with van der Waals surface area (Å²) in [6.45, 7) is 5.71. The fourth-order valence-electron chi connectivity index (χ4n) is 2.24. The molecule has 0 saturated heterocycles. The van der Waals surface area contributed by atoms with Crippen LogP contribution in [0.5, 0.6) is 0 Å². The predicted octanol–water partition coefficient (Wildman–Crippen LogP) is 1.97. The first-order valence-corrected chi connectivity index (χ1v) is 8.76. The lowest BCUT2D eigenvalue weighted by Crippen LogP contribution is -2.26. The van der Waals surface area contributed by atoms with E-state index in [9.17, 15) is 13.2 Å². The van der Waals surface area contributed by atoms with Gasteiger partial charge in [0.05, 0.1) is 22.6 Å². The van der Waals surface area contributed by atoms with Crippen molar-refractivity contribution in [2.24, 2.45) is 0 Å². The number of H-pyrrole nitrogens is 1. The molecule has 8 heteroatoms. The van der Waals surface area contributed by atoms with E-state index in [4.69, 9.17) is 0 Å². The fourth-order valence-corrected chi connectivity index (χ4v) is 3.69. The quantitative estimate of drug-likeness (QED) is 0.750. The van der Waals surface area contributed by atoms with Crippen LogP contribution in [0.25, 0.3) is 0 Å². The highest BCUT2D eigenvalue weighted by atomic mass is 32.2. The Morgan fingerprint density at radius 1 is 1.26 bits per heavy atom. The molecule has 0 aliphatic rings. The van der Waals surface area contributed by atoms with E-state index >= 15 is 0 Å². The molecular formula is C15H20N4O3S. The molecule has 1 amide bonds. The summed E-state index contributed by atoms with van der Waals surface area (Å²) in [4.78, 5) is 12.3. The summed E-state index contributed by atoms with van der Waals surface area (Å²) in [6, 6.07) is 6.50. The lowest BCUT2D eigenvalue weighted by Gasteiger charge is -2.12. The van der Waals surface area contributed by atoms with E-state index in [1.807, 2.05) is 6.92 Å². The third kappa shape index (κ3) is 3.70. The van der Waals surface area contributed by atoms with Gasteiger partial charge in [-0.05, 0) is 32.4 Å². The standard InChI is InChI=1S/C15H20N4O3S/c1-4-9-16-15(20)12-7-5-6-8-13(12)19-23(21,22)14-10(2)17-18-11(14)3/h5-8,19H,4,9H2,1-3H3,(H,16,20)(H,17,18). The van der Waals surface area contributed by atoms with E-state index in [0.717, 1.165) is 6.42 Å². The van der Waals surface area contributed by atoms with Gasteiger partial charge in [-0.25, -0.2) is 8.42 Å². The van der Waals surface area contributed by atoms with Gasteiger partial charge in [0.25, 0.3) is 15.9 Å². The number of sulfonamides is 1. The molecule has 0 saturated carbocycles. The number of nitrogens with one attached hydrogen (secondary N) is 3. The van der Waals surface area contributed by atoms with E-state index < -0.39 is 10.0 Å². The lowest BCUT2D eigenvalue weighted by atomic mass is 10.1. The van der Waals surface area contributed by atoms with Gasteiger partial charge in [0.2, 0.25) is 0 Å². The van der Waals surface area contributed by atoms with E-state index in [1.165, 1.54) is 0 Å². The second-order valence-electron chi connectivity index (χ2n) is 5.17. The maximum atomic E-state index is 12.6. The molecular weight excluding hydrogens is 316 g/mol. The molecule has 1 aromatic heterocycles. The zero-order valence-electron chi connectivity index (χ0n) is 13.3. The summed E-state index contributed by atoms with van der Waals surface area (Å²) in [6.07, 6.45) is 0.799. The van der Waals surface area contributed by atoms with Gasteiger partial charge in [0.15, 0.2) is 0 Å². The van der Waals surface area contributed by atoms with Crippen molar-refractivity contribution < 1.29 is 13.2 Å².